The lowest BCUT2D eigenvalue weighted by atomic mass is 10.1. The van der Waals surface area contributed by atoms with Crippen molar-refractivity contribution in [3.8, 4) is 0 Å². The van der Waals surface area contributed by atoms with E-state index in [4.69, 9.17) is 11.1 Å². The van der Waals surface area contributed by atoms with Crippen LogP contribution in [0.3, 0.4) is 0 Å². The van der Waals surface area contributed by atoms with Crippen LogP contribution in [0, 0.1) is 11.3 Å². The molecule has 0 aliphatic carbocycles. The third-order valence-electron chi connectivity index (χ3n) is 2.23. The molecule has 0 saturated heterocycles. The van der Waals surface area contributed by atoms with Crippen LogP contribution in [0.1, 0.15) is 25.1 Å². The molecule has 16 heavy (non-hydrogen) atoms. The van der Waals surface area contributed by atoms with Crippen LogP contribution in [0.25, 0.3) is 0 Å². The predicted molar refractivity (Wildman–Crippen MR) is 66.4 cm³/mol. The van der Waals surface area contributed by atoms with Crippen molar-refractivity contribution in [2.45, 2.75) is 20.4 Å². The zero-order chi connectivity index (χ0) is 12.1. The van der Waals surface area contributed by atoms with E-state index in [1.54, 1.807) is 6.20 Å². The van der Waals surface area contributed by atoms with Gasteiger partial charge in [-0.3, -0.25) is 10.4 Å². The summed E-state index contributed by atoms with van der Waals surface area (Å²) < 4.78 is 0. The predicted octanol–water partition coefficient (Wildman–Crippen LogP) is 1.45. The molecule has 88 valence electrons. The van der Waals surface area contributed by atoms with Crippen LogP contribution in [0.5, 0.6) is 0 Å². The molecule has 0 bridgehead atoms. The third kappa shape index (κ3) is 3.98. The first-order valence-corrected chi connectivity index (χ1v) is 5.47. The first-order valence-electron chi connectivity index (χ1n) is 5.47. The Hall–Kier alpha value is -1.42. The van der Waals surface area contributed by atoms with Crippen molar-refractivity contribution in [1.29, 1.82) is 5.41 Å². The van der Waals surface area contributed by atoms with Crippen LogP contribution in [-0.2, 0) is 6.54 Å². The van der Waals surface area contributed by atoms with Gasteiger partial charge in [-0.05, 0) is 30.7 Å². The molecule has 0 atom stereocenters. The van der Waals surface area contributed by atoms with Crippen molar-refractivity contribution < 1.29 is 0 Å². The van der Waals surface area contributed by atoms with Crippen LogP contribution < -0.4 is 5.73 Å². The molecular weight excluding hydrogens is 200 g/mol. The van der Waals surface area contributed by atoms with Gasteiger partial charge in [0, 0.05) is 19.3 Å². The normalized spacial score (nSPS) is 11.1. The SMILES string of the molecule is CC(C)CN(C)Cc1ccnc(C(=N)N)c1. The molecule has 1 rings (SSSR count). The number of hydrogen-bond acceptors (Lipinski definition) is 3. The lowest BCUT2D eigenvalue weighted by Gasteiger charge is -2.19. The van der Waals surface area contributed by atoms with Crippen molar-refractivity contribution in [2.75, 3.05) is 13.6 Å². The van der Waals surface area contributed by atoms with Gasteiger partial charge in [0.05, 0.1) is 0 Å². The number of amidine groups is 1. The molecule has 1 aromatic rings. The summed E-state index contributed by atoms with van der Waals surface area (Å²) in [7, 11) is 2.09. The van der Waals surface area contributed by atoms with Gasteiger partial charge in [-0.15, -0.1) is 0 Å². The molecule has 0 spiro atoms. The van der Waals surface area contributed by atoms with E-state index in [-0.39, 0.29) is 5.84 Å². The Morgan fingerprint density at radius 2 is 2.25 bits per heavy atom. The second-order valence-electron chi connectivity index (χ2n) is 4.55. The summed E-state index contributed by atoms with van der Waals surface area (Å²) in [6.07, 6.45) is 1.70. The summed E-state index contributed by atoms with van der Waals surface area (Å²) in [4.78, 5) is 6.29. The summed E-state index contributed by atoms with van der Waals surface area (Å²) >= 11 is 0. The van der Waals surface area contributed by atoms with E-state index in [1.165, 1.54) is 0 Å². The van der Waals surface area contributed by atoms with E-state index in [0.717, 1.165) is 18.7 Å². The summed E-state index contributed by atoms with van der Waals surface area (Å²) in [5, 5.41) is 7.33. The zero-order valence-corrected chi connectivity index (χ0v) is 10.2. The minimum absolute atomic E-state index is 0.0216. The second kappa shape index (κ2) is 5.61. The van der Waals surface area contributed by atoms with Crippen LogP contribution in [0.2, 0.25) is 0 Å². The lowest BCUT2D eigenvalue weighted by molar-refractivity contribution is 0.288. The Morgan fingerprint density at radius 3 is 2.81 bits per heavy atom. The standard InChI is InChI=1S/C12H20N4/c1-9(2)7-16(3)8-10-4-5-15-11(6-10)12(13)14/h4-6,9H,7-8H2,1-3H3,(H3,13,14). The Kier molecular flexibility index (Phi) is 4.43. The largest absolute Gasteiger partial charge is 0.382 e. The van der Waals surface area contributed by atoms with E-state index in [0.29, 0.717) is 11.6 Å². The molecule has 0 aliphatic heterocycles. The maximum atomic E-state index is 7.33. The van der Waals surface area contributed by atoms with Crippen LogP contribution in [-0.4, -0.2) is 29.3 Å². The molecular formula is C12H20N4. The number of nitrogens with one attached hydrogen (secondary N) is 1. The molecule has 0 radical (unpaired) electrons. The topological polar surface area (TPSA) is 66.0 Å². The van der Waals surface area contributed by atoms with E-state index in [1.807, 2.05) is 12.1 Å². The van der Waals surface area contributed by atoms with Crippen molar-refractivity contribution in [1.82, 2.24) is 9.88 Å². The van der Waals surface area contributed by atoms with Crippen molar-refractivity contribution >= 4 is 5.84 Å². The molecule has 1 aromatic heterocycles. The highest BCUT2D eigenvalue weighted by Crippen LogP contribution is 2.06. The van der Waals surface area contributed by atoms with Gasteiger partial charge < -0.3 is 10.6 Å². The molecule has 4 nitrogen and oxygen atoms in total. The number of aromatic nitrogens is 1. The van der Waals surface area contributed by atoms with Gasteiger partial charge in [-0.25, -0.2) is 0 Å². The average Bonchev–Trinajstić information content (AvgIpc) is 2.16. The minimum atomic E-state index is 0.0216. The number of nitrogens with zero attached hydrogens (tertiary/aromatic N) is 2. The summed E-state index contributed by atoms with van der Waals surface area (Å²) in [6.45, 7) is 6.31. The summed E-state index contributed by atoms with van der Waals surface area (Å²) in [5.74, 6) is 0.674. The van der Waals surface area contributed by atoms with Crippen LogP contribution >= 0.6 is 0 Å². The fourth-order valence-electron chi connectivity index (χ4n) is 1.72. The molecule has 0 saturated carbocycles. The average molecular weight is 220 g/mol. The Balaban J connectivity index is 2.66. The van der Waals surface area contributed by atoms with Crippen LogP contribution in [0.15, 0.2) is 18.3 Å². The fourth-order valence-corrected chi connectivity index (χ4v) is 1.72. The van der Waals surface area contributed by atoms with E-state index in [2.05, 4.69) is 30.8 Å². The molecule has 3 N–H and O–H groups in total. The van der Waals surface area contributed by atoms with Gasteiger partial charge in [-0.2, -0.15) is 0 Å². The molecule has 0 fully saturated rings. The van der Waals surface area contributed by atoms with Crippen molar-refractivity contribution in [2.24, 2.45) is 11.7 Å². The van der Waals surface area contributed by atoms with Gasteiger partial charge in [-0.1, -0.05) is 13.8 Å². The fraction of sp³-hybridized carbons (Fsp3) is 0.500. The van der Waals surface area contributed by atoms with E-state index >= 15 is 0 Å². The van der Waals surface area contributed by atoms with Gasteiger partial charge in [0.15, 0.2) is 0 Å². The number of nitrogens with two attached hydrogens (primary N) is 1. The maximum absolute atomic E-state index is 7.33. The van der Waals surface area contributed by atoms with Crippen LogP contribution in [0.4, 0.5) is 0 Å². The molecule has 0 amide bonds. The maximum Gasteiger partial charge on any atom is 0.141 e. The molecule has 0 aromatic carbocycles. The Bertz CT molecular complexity index is 360. The summed E-state index contributed by atoms with van der Waals surface area (Å²) in [6, 6.07) is 3.84. The van der Waals surface area contributed by atoms with Gasteiger partial charge in [0.2, 0.25) is 0 Å². The monoisotopic (exact) mass is 220 g/mol. The first kappa shape index (κ1) is 12.6. The van der Waals surface area contributed by atoms with Gasteiger partial charge >= 0.3 is 0 Å². The second-order valence-corrected chi connectivity index (χ2v) is 4.55. The van der Waals surface area contributed by atoms with Crippen molar-refractivity contribution in [3.05, 3.63) is 29.6 Å². The molecule has 0 aliphatic rings. The number of hydrogen-bond donors (Lipinski definition) is 2. The smallest absolute Gasteiger partial charge is 0.141 e. The highest BCUT2D eigenvalue weighted by Gasteiger charge is 2.05. The lowest BCUT2D eigenvalue weighted by Crippen LogP contribution is -2.23. The first-order chi connectivity index (χ1) is 7.49. The van der Waals surface area contributed by atoms with Gasteiger partial charge in [0.1, 0.15) is 11.5 Å². The van der Waals surface area contributed by atoms with Crippen molar-refractivity contribution in [3.63, 3.8) is 0 Å². The van der Waals surface area contributed by atoms with Gasteiger partial charge in [0.25, 0.3) is 0 Å². The molecule has 0 unspecified atom stereocenters. The molecule has 1 heterocycles. The number of nitrogen functional groups attached to an aromatic ring is 1. The highest BCUT2D eigenvalue weighted by molar-refractivity contribution is 5.93. The Morgan fingerprint density at radius 1 is 1.56 bits per heavy atom. The van der Waals surface area contributed by atoms with E-state index in [9.17, 15) is 0 Å². The quantitative estimate of drug-likeness (QED) is 0.583. The minimum Gasteiger partial charge on any atom is -0.382 e. The number of pyridine rings is 1. The number of rotatable bonds is 5. The summed E-state index contributed by atoms with van der Waals surface area (Å²) in [5.41, 5.74) is 7.09. The third-order valence-corrected chi connectivity index (χ3v) is 2.23. The van der Waals surface area contributed by atoms with E-state index < -0.39 is 0 Å². The highest BCUT2D eigenvalue weighted by atomic mass is 15.1. The zero-order valence-electron chi connectivity index (χ0n) is 10.2. The Labute approximate surface area is 97.0 Å². The molecule has 4 heteroatoms.